The van der Waals surface area contributed by atoms with E-state index < -0.39 is 11.6 Å². The molecule has 3 aromatic rings. The number of anilines is 1. The molecule has 0 aliphatic rings. The van der Waals surface area contributed by atoms with Crippen LogP contribution in [0.25, 0.3) is 10.2 Å². The highest BCUT2D eigenvalue weighted by atomic mass is 32.1. The van der Waals surface area contributed by atoms with E-state index in [2.05, 4.69) is 19.5 Å². The molecular formula is C17H19F2N5OS2. The average Bonchev–Trinajstić information content (AvgIpc) is 3.24. The van der Waals surface area contributed by atoms with Gasteiger partial charge in [0, 0.05) is 19.2 Å². The van der Waals surface area contributed by atoms with Crippen LogP contribution in [0.5, 0.6) is 0 Å². The van der Waals surface area contributed by atoms with Crippen LogP contribution in [0.4, 0.5) is 13.9 Å². The maximum atomic E-state index is 14.1. The molecule has 1 amide bonds. The highest BCUT2D eigenvalue weighted by Gasteiger charge is 2.26. The molecule has 0 unspecified atom stereocenters. The van der Waals surface area contributed by atoms with Crippen molar-refractivity contribution in [2.24, 2.45) is 0 Å². The van der Waals surface area contributed by atoms with Crippen LogP contribution < -0.4 is 4.90 Å². The number of amides is 1. The van der Waals surface area contributed by atoms with Gasteiger partial charge in [-0.2, -0.15) is 0 Å². The van der Waals surface area contributed by atoms with Crippen molar-refractivity contribution in [3.63, 3.8) is 0 Å². The van der Waals surface area contributed by atoms with E-state index in [0.29, 0.717) is 33.5 Å². The van der Waals surface area contributed by atoms with Crippen molar-refractivity contribution in [3.8, 4) is 0 Å². The quantitative estimate of drug-likeness (QED) is 0.593. The second-order valence-corrected chi connectivity index (χ2v) is 7.67. The number of aryl methyl sites for hydroxylation is 1. The number of fused-ring (bicyclic) bond motifs is 1. The summed E-state index contributed by atoms with van der Waals surface area (Å²) in [5, 5.41) is 4.23. The van der Waals surface area contributed by atoms with E-state index in [1.165, 1.54) is 11.0 Å². The highest BCUT2D eigenvalue weighted by molar-refractivity contribution is 7.22. The molecule has 0 spiro atoms. The maximum Gasteiger partial charge on any atom is 0.273 e. The number of nitrogens with zero attached hydrogens (tertiary/aromatic N) is 5. The Morgan fingerprint density at radius 1 is 1.19 bits per heavy atom. The van der Waals surface area contributed by atoms with Crippen LogP contribution in [-0.4, -0.2) is 51.6 Å². The Bertz CT molecular complexity index is 954. The van der Waals surface area contributed by atoms with E-state index in [-0.39, 0.29) is 11.4 Å². The summed E-state index contributed by atoms with van der Waals surface area (Å²) in [6.45, 7) is 8.51. The lowest BCUT2D eigenvalue weighted by molar-refractivity contribution is 0.0987. The molecule has 0 saturated heterocycles. The van der Waals surface area contributed by atoms with E-state index in [9.17, 15) is 13.6 Å². The first-order valence-corrected chi connectivity index (χ1v) is 10.1. The first-order valence-electron chi connectivity index (χ1n) is 8.53. The number of hydrogen-bond donors (Lipinski definition) is 0. The molecule has 0 aliphatic heterocycles. The molecule has 27 heavy (non-hydrogen) atoms. The lowest BCUT2D eigenvalue weighted by Gasteiger charge is -2.24. The van der Waals surface area contributed by atoms with Gasteiger partial charge < -0.3 is 4.90 Å². The number of rotatable bonds is 7. The van der Waals surface area contributed by atoms with Gasteiger partial charge in [-0.1, -0.05) is 29.7 Å². The molecule has 10 heteroatoms. The number of hydrogen-bond acceptors (Lipinski definition) is 7. The van der Waals surface area contributed by atoms with Crippen molar-refractivity contribution in [1.82, 2.24) is 19.5 Å². The highest BCUT2D eigenvalue weighted by Crippen LogP contribution is 2.32. The molecule has 0 atom stereocenters. The second kappa shape index (κ2) is 8.32. The number of halogens is 2. The molecule has 0 fully saturated rings. The van der Waals surface area contributed by atoms with E-state index in [1.807, 2.05) is 13.8 Å². The lowest BCUT2D eigenvalue weighted by Crippen LogP contribution is -2.38. The lowest BCUT2D eigenvalue weighted by atomic mass is 10.3. The molecule has 0 saturated carbocycles. The average molecular weight is 412 g/mol. The van der Waals surface area contributed by atoms with Crippen molar-refractivity contribution in [2.75, 3.05) is 31.1 Å². The van der Waals surface area contributed by atoms with Crippen LogP contribution in [0.15, 0.2) is 12.1 Å². The van der Waals surface area contributed by atoms with Gasteiger partial charge in [-0.05, 0) is 37.6 Å². The van der Waals surface area contributed by atoms with Crippen LogP contribution in [0.2, 0.25) is 0 Å². The third-order valence-corrected chi connectivity index (χ3v) is 6.10. The second-order valence-electron chi connectivity index (χ2n) is 5.90. The molecule has 2 heterocycles. The van der Waals surface area contributed by atoms with Crippen LogP contribution in [-0.2, 0) is 0 Å². The van der Waals surface area contributed by atoms with Crippen molar-refractivity contribution in [3.05, 3.63) is 34.3 Å². The van der Waals surface area contributed by atoms with Crippen molar-refractivity contribution >= 4 is 44.1 Å². The molecule has 0 N–H and O–H groups in total. The smallest absolute Gasteiger partial charge is 0.273 e. The first kappa shape index (κ1) is 19.7. The summed E-state index contributed by atoms with van der Waals surface area (Å²) in [4.78, 5) is 21.4. The fourth-order valence-electron chi connectivity index (χ4n) is 2.68. The van der Waals surface area contributed by atoms with Crippen LogP contribution in [0.3, 0.4) is 0 Å². The fraction of sp³-hybridized carbons (Fsp3) is 0.412. The Morgan fingerprint density at radius 2 is 1.93 bits per heavy atom. The predicted molar refractivity (Wildman–Crippen MR) is 104 cm³/mol. The Labute approximate surface area is 163 Å². The number of carbonyl (C=O) groups excluding carboxylic acids is 1. The summed E-state index contributed by atoms with van der Waals surface area (Å²) < 4.78 is 31.8. The summed E-state index contributed by atoms with van der Waals surface area (Å²) in [5.41, 5.74) is 0.604. The molecule has 0 bridgehead atoms. The number of likely N-dealkylation sites (N-methyl/N-ethyl adjacent to an activating group) is 1. The standard InChI is InChI=1S/C17H19F2N5OS2/c1-4-23(5-2)6-7-24(16(25)15-10(3)21-22-27-15)17-20-14-12(19)8-11(18)9-13(14)26-17/h8-9H,4-7H2,1-3H3. The zero-order chi connectivity index (χ0) is 19.6. The Hall–Kier alpha value is -2.04. The largest absolute Gasteiger partial charge is 0.302 e. The summed E-state index contributed by atoms with van der Waals surface area (Å²) in [6, 6.07) is 2.03. The Balaban J connectivity index is 1.99. The summed E-state index contributed by atoms with van der Waals surface area (Å²) in [7, 11) is 0. The summed E-state index contributed by atoms with van der Waals surface area (Å²) in [5.74, 6) is -1.69. The van der Waals surface area contributed by atoms with Crippen LogP contribution >= 0.6 is 22.9 Å². The zero-order valence-corrected chi connectivity index (χ0v) is 16.8. The molecular weight excluding hydrogens is 392 g/mol. The van der Waals surface area contributed by atoms with E-state index in [0.717, 1.165) is 42.0 Å². The number of aromatic nitrogens is 3. The number of carbonyl (C=O) groups is 1. The van der Waals surface area contributed by atoms with Gasteiger partial charge in [0.05, 0.1) is 10.4 Å². The van der Waals surface area contributed by atoms with Crippen molar-refractivity contribution in [1.29, 1.82) is 0 Å². The van der Waals surface area contributed by atoms with Gasteiger partial charge in [-0.15, -0.1) is 5.10 Å². The van der Waals surface area contributed by atoms with E-state index in [4.69, 9.17) is 0 Å². The molecule has 0 radical (unpaired) electrons. The minimum atomic E-state index is -0.737. The van der Waals surface area contributed by atoms with Gasteiger partial charge >= 0.3 is 0 Å². The van der Waals surface area contributed by atoms with Crippen LogP contribution in [0, 0.1) is 18.6 Å². The van der Waals surface area contributed by atoms with E-state index in [1.54, 1.807) is 6.92 Å². The minimum absolute atomic E-state index is 0.0659. The van der Waals surface area contributed by atoms with Gasteiger partial charge in [0.15, 0.2) is 10.9 Å². The van der Waals surface area contributed by atoms with Gasteiger partial charge in [0.25, 0.3) is 5.91 Å². The normalized spacial score (nSPS) is 11.5. The molecule has 2 aromatic heterocycles. The van der Waals surface area contributed by atoms with Crippen molar-refractivity contribution in [2.45, 2.75) is 20.8 Å². The summed E-state index contributed by atoms with van der Waals surface area (Å²) in [6.07, 6.45) is 0. The predicted octanol–water partition coefficient (Wildman–Crippen LogP) is 3.72. The molecule has 144 valence electrons. The maximum absolute atomic E-state index is 14.1. The van der Waals surface area contributed by atoms with Gasteiger partial charge in [0.2, 0.25) is 0 Å². The molecule has 6 nitrogen and oxygen atoms in total. The Morgan fingerprint density at radius 3 is 2.56 bits per heavy atom. The number of benzene rings is 1. The van der Waals surface area contributed by atoms with Gasteiger partial charge in [-0.3, -0.25) is 9.69 Å². The monoisotopic (exact) mass is 411 g/mol. The SMILES string of the molecule is CCN(CC)CCN(C(=O)c1snnc1C)c1nc2c(F)cc(F)cc2s1. The molecule has 1 aromatic carbocycles. The van der Waals surface area contributed by atoms with Crippen molar-refractivity contribution < 1.29 is 13.6 Å². The third kappa shape index (κ3) is 4.12. The van der Waals surface area contributed by atoms with E-state index >= 15 is 0 Å². The summed E-state index contributed by atoms with van der Waals surface area (Å²) >= 11 is 2.11. The topological polar surface area (TPSA) is 62.2 Å². The first-order chi connectivity index (χ1) is 12.9. The minimum Gasteiger partial charge on any atom is -0.302 e. The van der Waals surface area contributed by atoms with Crippen LogP contribution in [0.1, 0.15) is 29.2 Å². The third-order valence-electron chi connectivity index (χ3n) is 4.26. The fourth-order valence-corrected chi connectivity index (χ4v) is 4.31. The van der Waals surface area contributed by atoms with Gasteiger partial charge in [0.1, 0.15) is 16.2 Å². The zero-order valence-electron chi connectivity index (χ0n) is 15.2. The molecule has 0 aliphatic carbocycles. The Kier molecular flexibility index (Phi) is 6.08. The number of thiazole rings is 1. The molecule has 3 rings (SSSR count). The van der Waals surface area contributed by atoms with Gasteiger partial charge in [-0.25, -0.2) is 13.8 Å².